The van der Waals surface area contributed by atoms with Crippen LogP contribution in [0.5, 0.6) is 0 Å². The van der Waals surface area contributed by atoms with E-state index in [2.05, 4.69) is 51.2 Å². The predicted molar refractivity (Wildman–Crippen MR) is 83.5 cm³/mol. The maximum absolute atomic E-state index is 3.88. The second kappa shape index (κ2) is 6.56. The Bertz CT molecular complexity index is 410. The van der Waals surface area contributed by atoms with Gasteiger partial charge < -0.3 is 5.32 Å². The Morgan fingerprint density at radius 3 is 2.58 bits per heavy atom. The number of rotatable bonds is 4. The highest BCUT2D eigenvalue weighted by molar-refractivity contribution is 5.31. The van der Waals surface area contributed by atoms with Crippen LogP contribution in [0.4, 0.5) is 0 Å². The van der Waals surface area contributed by atoms with Crippen LogP contribution in [0.3, 0.4) is 0 Å². The van der Waals surface area contributed by atoms with Gasteiger partial charge in [-0.25, -0.2) is 0 Å². The van der Waals surface area contributed by atoms with E-state index in [1.165, 1.54) is 48.8 Å². The minimum atomic E-state index is 0.469. The third-order valence-electron chi connectivity index (χ3n) is 4.93. The van der Waals surface area contributed by atoms with Crippen molar-refractivity contribution in [2.24, 2.45) is 5.92 Å². The maximum Gasteiger partial charge on any atom is 0.0294 e. The van der Waals surface area contributed by atoms with Crippen LogP contribution >= 0.6 is 0 Å². The lowest BCUT2D eigenvalue weighted by atomic mass is 9.82. The van der Waals surface area contributed by atoms with Gasteiger partial charge in [-0.2, -0.15) is 0 Å². The molecule has 0 aliphatic heterocycles. The van der Waals surface area contributed by atoms with Crippen LogP contribution in [0.15, 0.2) is 18.2 Å². The summed E-state index contributed by atoms with van der Waals surface area (Å²) in [6, 6.07) is 8.06. The third-order valence-corrected chi connectivity index (χ3v) is 4.93. The summed E-state index contributed by atoms with van der Waals surface area (Å²) in [6.07, 6.45) is 6.90. The van der Waals surface area contributed by atoms with Crippen molar-refractivity contribution >= 4 is 0 Å². The first-order valence-corrected chi connectivity index (χ1v) is 7.95. The summed E-state index contributed by atoms with van der Waals surface area (Å²) in [5.74, 6) is 0.878. The van der Waals surface area contributed by atoms with E-state index in [0.717, 1.165) is 12.0 Å². The van der Waals surface area contributed by atoms with E-state index in [0.29, 0.717) is 6.04 Å². The van der Waals surface area contributed by atoms with E-state index < -0.39 is 0 Å². The SMILES string of the molecule is CCC1CCCCC1NC(C)c1ccc(C)c(C)c1. The molecule has 1 N–H and O–H groups in total. The van der Waals surface area contributed by atoms with Crippen molar-refractivity contribution in [1.29, 1.82) is 0 Å². The first-order valence-electron chi connectivity index (χ1n) is 7.95. The van der Waals surface area contributed by atoms with Gasteiger partial charge in [0.15, 0.2) is 0 Å². The zero-order valence-electron chi connectivity index (χ0n) is 13.0. The quantitative estimate of drug-likeness (QED) is 0.809. The Hall–Kier alpha value is -0.820. The fourth-order valence-corrected chi connectivity index (χ4v) is 3.37. The minimum Gasteiger partial charge on any atom is -0.307 e. The Labute approximate surface area is 118 Å². The average Bonchev–Trinajstić information content (AvgIpc) is 2.42. The van der Waals surface area contributed by atoms with Gasteiger partial charge in [-0.3, -0.25) is 0 Å². The van der Waals surface area contributed by atoms with Crippen LogP contribution in [0.25, 0.3) is 0 Å². The van der Waals surface area contributed by atoms with Gasteiger partial charge in [0.05, 0.1) is 0 Å². The van der Waals surface area contributed by atoms with E-state index in [1.54, 1.807) is 0 Å². The number of hydrogen-bond acceptors (Lipinski definition) is 1. The summed E-state index contributed by atoms with van der Waals surface area (Å²) in [7, 11) is 0. The van der Waals surface area contributed by atoms with E-state index in [9.17, 15) is 0 Å². The molecule has 0 heterocycles. The predicted octanol–water partition coefficient (Wildman–Crippen LogP) is 4.92. The molecule has 1 heteroatoms. The molecule has 3 unspecified atom stereocenters. The summed E-state index contributed by atoms with van der Waals surface area (Å²) in [5.41, 5.74) is 4.23. The molecule has 1 fully saturated rings. The molecular weight excluding hydrogens is 230 g/mol. The molecule has 19 heavy (non-hydrogen) atoms. The molecule has 0 spiro atoms. The molecule has 1 aromatic carbocycles. The lowest BCUT2D eigenvalue weighted by Crippen LogP contribution is -2.39. The molecule has 2 rings (SSSR count). The van der Waals surface area contributed by atoms with Crippen LogP contribution in [-0.2, 0) is 0 Å². The average molecular weight is 259 g/mol. The second-order valence-corrected chi connectivity index (χ2v) is 6.29. The van der Waals surface area contributed by atoms with Gasteiger partial charge in [0, 0.05) is 12.1 Å². The Balaban J connectivity index is 2.02. The molecule has 106 valence electrons. The van der Waals surface area contributed by atoms with Gasteiger partial charge in [0.1, 0.15) is 0 Å². The van der Waals surface area contributed by atoms with Crippen molar-refractivity contribution in [3.05, 3.63) is 34.9 Å². The van der Waals surface area contributed by atoms with Crippen molar-refractivity contribution in [1.82, 2.24) is 5.32 Å². The lowest BCUT2D eigenvalue weighted by Gasteiger charge is -2.34. The fourth-order valence-electron chi connectivity index (χ4n) is 3.37. The second-order valence-electron chi connectivity index (χ2n) is 6.29. The van der Waals surface area contributed by atoms with E-state index in [-0.39, 0.29) is 0 Å². The normalized spacial score (nSPS) is 25.3. The summed E-state index contributed by atoms with van der Waals surface area (Å²) in [5, 5.41) is 3.88. The molecule has 1 nitrogen and oxygen atoms in total. The minimum absolute atomic E-state index is 0.469. The topological polar surface area (TPSA) is 12.0 Å². The van der Waals surface area contributed by atoms with Crippen molar-refractivity contribution < 1.29 is 0 Å². The van der Waals surface area contributed by atoms with Gasteiger partial charge >= 0.3 is 0 Å². The fraction of sp³-hybridized carbons (Fsp3) is 0.667. The number of benzene rings is 1. The summed E-state index contributed by atoms with van der Waals surface area (Å²) >= 11 is 0. The van der Waals surface area contributed by atoms with E-state index in [4.69, 9.17) is 0 Å². The van der Waals surface area contributed by atoms with Gasteiger partial charge in [-0.05, 0) is 56.2 Å². The largest absolute Gasteiger partial charge is 0.307 e. The maximum atomic E-state index is 3.88. The molecule has 0 saturated heterocycles. The molecule has 3 atom stereocenters. The van der Waals surface area contributed by atoms with Crippen LogP contribution < -0.4 is 5.32 Å². The Kier molecular flexibility index (Phi) is 5.04. The van der Waals surface area contributed by atoms with Gasteiger partial charge in [0.2, 0.25) is 0 Å². The number of hydrogen-bond donors (Lipinski definition) is 1. The monoisotopic (exact) mass is 259 g/mol. The van der Waals surface area contributed by atoms with Gasteiger partial charge in [-0.15, -0.1) is 0 Å². The summed E-state index contributed by atoms with van der Waals surface area (Å²) in [4.78, 5) is 0. The van der Waals surface area contributed by atoms with Crippen molar-refractivity contribution in [2.75, 3.05) is 0 Å². The summed E-state index contributed by atoms with van der Waals surface area (Å²) in [6.45, 7) is 9.04. The molecule has 0 aromatic heterocycles. The zero-order chi connectivity index (χ0) is 13.8. The number of aryl methyl sites for hydroxylation is 2. The van der Waals surface area contributed by atoms with Crippen molar-refractivity contribution in [3.8, 4) is 0 Å². The smallest absolute Gasteiger partial charge is 0.0294 e. The van der Waals surface area contributed by atoms with Crippen molar-refractivity contribution in [2.45, 2.75) is 71.9 Å². The van der Waals surface area contributed by atoms with E-state index >= 15 is 0 Å². The van der Waals surface area contributed by atoms with E-state index in [1.807, 2.05) is 0 Å². The van der Waals surface area contributed by atoms with Crippen LogP contribution in [0.1, 0.15) is 68.7 Å². The molecule has 1 aromatic rings. The first kappa shape index (κ1) is 14.6. The molecule has 1 aliphatic rings. The Morgan fingerprint density at radius 1 is 1.16 bits per heavy atom. The van der Waals surface area contributed by atoms with Crippen LogP contribution in [0, 0.1) is 19.8 Å². The van der Waals surface area contributed by atoms with Crippen molar-refractivity contribution in [3.63, 3.8) is 0 Å². The molecule has 1 saturated carbocycles. The first-order chi connectivity index (χ1) is 9.11. The standard InChI is InChI=1S/C18H29N/c1-5-16-8-6-7-9-18(16)19-15(4)17-11-10-13(2)14(3)12-17/h10-12,15-16,18-19H,5-9H2,1-4H3. The Morgan fingerprint density at radius 2 is 1.89 bits per heavy atom. The molecule has 1 aliphatic carbocycles. The van der Waals surface area contributed by atoms with Gasteiger partial charge in [-0.1, -0.05) is 44.4 Å². The zero-order valence-corrected chi connectivity index (χ0v) is 13.0. The molecular formula is C18H29N. The third kappa shape index (κ3) is 3.60. The highest BCUT2D eigenvalue weighted by atomic mass is 15.0. The number of nitrogens with one attached hydrogen (secondary N) is 1. The van der Waals surface area contributed by atoms with Crippen LogP contribution in [0.2, 0.25) is 0 Å². The molecule has 0 amide bonds. The highest BCUT2D eigenvalue weighted by Crippen LogP contribution is 2.29. The van der Waals surface area contributed by atoms with Gasteiger partial charge in [0.25, 0.3) is 0 Å². The highest BCUT2D eigenvalue weighted by Gasteiger charge is 2.24. The molecule has 0 radical (unpaired) electrons. The molecule has 0 bridgehead atoms. The van der Waals surface area contributed by atoms with Crippen LogP contribution in [-0.4, -0.2) is 6.04 Å². The summed E-state index contributed by atoms with van der Waals surface area (Å²) < 4.78 is 0. The lowest BCUT2D eigenvalue weighted by molar-refractivity contribution is 0.240.